The van der Waals surface area contributed by atoms with E-state index in [0.29, 0.717) is 25.1 Å². The van der Waals surface area contributed by atoms with Gasteiger partial charge in [-0.2, -0.15) is 0 Å². The van der Waals surface area contributed by atoms with Gasteiger partial charge in [-0.3, -0.25) is 19.4 Å². The number of hydrogen-bond donors (Lipinski definition) is 2. The summed E-state index contributed by atoms with van der Waals surface area (Å²) in [5, 5.41) is 19.4. The SMILES string of the molecule is CC1CN(Cc2ccccc2)CCN1C(C1=CC=C=CC(C(=O)N2CCCN(CCCCC(=O)O)CC2)=C1)c1cccc(O)c1.CCl. The molecule has 0 spiro atoms. The number of hydrogen-bond acceptors (Lipinski definition) is 6. The van der Waals surface area contributed by atoms with E-state index >= 15 is 0 Å². The summed E-state index contributed by atoms with van der Waals surface area (Å²) in [6.07, 6.45) is 11.8. The van der Waals surface area contributed by atoms with E-state index in [-0.39, 0.29) is 30.2 Å². The van der Waals surface area contributed by atoms with Crippen LogP contribution in [0, 0.1) is 0 Å². The first-order valence-corrected chi connectivity index (χ1v) is 17.4. The van der Waals surface area contributed by atoms with Gasteiger partial charge in [-0.15, -0.1) is 17.3 Å². The van der Waals surface area contributed by atoms with Crippen molar-refractivity contribution in [1.82, 2.24) is 19.6 Å². The number of carbonyl (C=O) groups is 2. The van der Waals surface area contributed by atoms with E-state index in [2.05, 4.69) is 81.4 Å². The van der Waals surface area contributed by atoms with Crippen molar-refractivity contribution in [1.29, 1.82) is 0 Å². The highest BCUT2D eigenvalue weighted by atomic mass is 35.5. The molecule has 47 heavy (non-hydrogen) atoms. The standard InChI is InChI=1S/C37H46N4O4.CH3Cl/c1-29-27-39(28-30-11-3-2-4-12-30)22-24-41(29)36(32-15-9-16-34(42)26-32)31-13-5-6-14-33(25-31)37(45)40-20-10-19-38(21-23-40)18-8-7-17-35(43)44;1-2/h2-5,9,11-16,25-26,29,36,42H,7-8,10,17-24,27-28H2,1H3,(H,43,44);1H3. The summed E-state index contributed by atoms with van der Waals surface area (Å²) < 4.78 is 0. The van der Waals surface area contributed by atoms with Gasteiger partial charge in [0.2, 0.25) is 0 Å². The molecule has 1 aliphatic carbocycles. The molecule has 5 rings (SSSR count). The number of unbranched alkanes of at least 4 members (excludes halogenated alkanes) is 1. The fraction of sp³-hybridized carbons (Fsp3) is 0.447. The maximum atomic E-state index is 13.9. The van der Waals surface area contributed by atoms with E-state index < -0.39 is 5.97 Å². The highest BCUT2D eigenvalue weighted by Crippen LogP contribution is 2.35. The van der Waals surface area contributed by atoms with Crippen molar-refractivity contribution in [2.45, 2.75) is 51.2 Å². The van der Waals surface area contributed by atoms with E-state index in [4.69, 9.17) is 5.11 Å². The minimum atomic E-state index is -0.749. The molecule has 2 heterocycles. The number of piperazine rings is 1. The van der Waals surface area contributed by atoms with Gasteiger partial charge in [-0.1, -0.05) is 42.5 Å². The van der Waals surface area contributed by atoms with E-state index in [1.54, 1.807) is 12.1 Å². The number of alkyl halides is 1. The first-order valence-electron chi connectivity index (χ1n) is 16.6. The minimum absolute atomic E-state index is 0.00631. The molecule has 2 saturated heterocycles. The van der Waals surface area contributed by atoms with Crippen molar-refractivity contribution in [2.75, 3.05) is 58.7 Å². The van der Waals surface area contributed by atoms with Crippen LogP contribution in [0.15, 0.2) is 95.8 Å². The lowest BCUT2D eigenvalue weighted by Gasteiger charge is -2.44. The summed E-state index contributed by atoms with van der Waals surface area (Å²) >= 11 is 4.64. The summed E-state index contributed by atoms with van der Waals surface area (Å²) in [5.41, 5.74) is 7.13. The molecule has 0 saturated carbocycles. The first-order chi connectivity index (χ1) is 22.9. The fourth-order valence-corrected chi connectivity index (χ4v) is 6.72. The van der Waals surface area contributed by atoms with Crippen LogP contribution in [0.3, 0.4) is 0 Å². The van der Waals surface area contributed by atoms with Crippen LogP contribution >= 0.6 is 11.6 Å². The van der Waals surface area contributed by atoms with Gasteiger partial charge in [-0.25, -0.2) is 0 Å². The van der Waals surface area contributed by atoms with Crippen molar-refractivity contribution >= 4 is 23.5 Å². The Morgan fingerprint density at radius 1 is 0.957 bits per heavy atom. The molecule has 0 radical (unpaired) electrons. The Morgan fingerprint density at radius 3 is 2.49 bits per heavy atom. The molecule has 9 heteroatoms. The molecule has 2 N–H and O–H groups in total. The quantitative estimate of drug-likeness (QED) is 0.177. The molecule has 0 bridgehead atoms. The Bertz CT molecular complexity index is 1450. The van der Waals surface area contributed by atoms with Crippen LogP contribution in [-0.4, -0.2) is 106 Å². The molecule has 2 unspecified atom stereocenters. The van der Waals surface area contributed by atoms with Crippen LogP contribution in [0.4, 0.5) is 0 Å². The maximum absolute atomic E-state index is 13.9. The second-order valence-corrected chi connectivity index (χ2v) is 12.4. The van der Waals surface area contributed by atoms with Gasteiger partial charge in [0.25, 0.3) is 5.91 Å². The van der Waals surface area contributed by atoms with Gasteiger partial charge in [0.05, 0.1) is 6.04 Å². The molecule has 2 aliphatic heterocycles. The smallest absolute Gasteiger partial charge is 0.303 e. The number of phenolic OH excluding ortho intramolecular Hbond substituents is 1. The van der Waals surface area contributed by atoms with Crippen molar-refractivity contribution in [3.05, 3.63) is 107 Å². The van der Waals surface area contributed by atoms with Crippen LogP contribution in [0.5, 0.6) is 5.75 Å². The lowest BCUT2D eigenvalue weighted by molar-refractivity contribution is -0.137. The summed E-state index contributed by atoms with van der Waals surface area (Å²) in [7, 11) is 0. The van der Waals surface area contributed by atoms with Crippen LogP contribution < -0.4 is 0 Å². The number of aliphatic carboxylic acids is 1. The zero-order chi connectivity index (χ0) is 33.6. The monoisotopic (exact) mass is 660 g/mol. The Labute approximate surface area is 284 Å². The third-order valence-corrected chi connectivity index (χ3v) is 9.02. The first kappa shape index (κ1) is 36.2. The van der Waals surface area contributed by atoms with Gasteiger partial charge < -0.3 is 20.0 Å². The van der Waals surface area contributed by atoms with Gasteiger partial charge in [0, 0.05) is 70.2 Å². The maximum Gasteiger partial charge on any atom is 0.303 e. The van der Waals surface area contributed by atoms with E-state index in [0.717, 1.165) is 69.8 Å². The predicted octanol–water partition coefficient (Wildman–Crippen LogP) is 5.86. The molecule has 3 aliphatic rings. The average Bonchev–Trinajstić information content (AvgIpc) is 3.47. The Kier molecular flexibility index (Phi) is 14.3. The Balaban J connectivity index is 0.00000245. The number of carbonyl (C=O) groups excluding carboxylic acids is 1. The fourth-order valence-electron chi connectivity index (χ4n) is 6.72. The number of amides is 1. The van der Waals surface area contributed by atoms with E-state index in [1.807, 2.05) is 29.2 Å². The Morgan fingerprint density at radius 2 is 1.74 bits per heavy atom. The highest BCUT2D eigenvalue weighted by Gasteiger charge is 2.33. The zero-order valence-electron chi connectivity index (χ0n) is 27.7. The topological polar surface area (TPSA) is 87.6 Å². The van der Waals surface area contributed by atoms with Gasteiger partial charge in [-0.05, 0) is 92.4 Å². The number of aromatic hydroxyl groups is 1. The predicted molar refractivity (Wildman–Crippen MR) is 188 cm³/mol. The molecular weight excluding hydrogens is 612 g/mol. The normalized spacial score (nSPS) is 19.9. The number of carboxylic acids is 1. The van der Waals surface area contributed by atoms with Crippen molar-refractivity contribution in [2.24, 2.45) is 0 Å². The number of phenols is 1. The van der Waals surface area contributed by atoms with Gasteiger partial charge >= 0.3 is 5.97 Å². The van der Waals surface area contributed by atoms with Crippen molar-refractivity contribution in [3.63, 3.8) is 0 Å². The molecule has 2 atom stereocenters. The molecular formula is C38H49ClN4O4. The number of carboxylic acid groups (broad SMARTS) is 1. The van der Waals surface area contributed by atoms with Crippen molar-refractivity contribution < 1.29 is 19.8 Å². The second kappa shape index (κ2) is 18.6. The number of halogens is 1. The summed E-state index contributed by atoms with van der Waals surface area (Å²) in [4.78, 5) is 34.0. The van der Waals surface area contributed by atoms with Crippen LogP contribution in [0.25, 0.3) is 0 Å². The summed E-state index contributed by atoms with van der Waals surface area (Å²) in [6.45, 7) is 9.75. The van der Waals surface area contributed by atoms with Crippen molar-refractivity contribution in [3.8, 4) is 5.75 Å². The largest absolute Gasteiger partial charge is 0.508 e. The lowest BCUT2D eigenvalue weighted by atomic mass is 9.92. The van der Waals surface area contributed by atoms with Crippen LogP contribution in [0.1, 0.15) is 49.8 Å². The van der Waals surface area contributed by atoms with Crippen LogP contribution in [-0.2, 0) is 16.1 Å². The summed E-state index contributed by atoms with van der Waals surface area (Å²) in [6, 6.07) is 18.2. The second-order valence-electron chi connectivity index (χ2n) is 12.4. The number of nitrogens with zero attached hydrogens (tertiary/aromatic N) is 4. The molecule has 252 valence electrons. The van der Waals surface area contributed by atoms with Gasteiger partial charge in [0.15, 0.2) is 0 Å². The lowest BCUT2D eigenvalue weighted by Crippen LogP contribution is -2.52. The van der Waals surface area contributed by atoms with E-state index in [1.165, 1.54) is 11.9 Å². The number of allylic oxidation sites excluding steroid dienone is 1. The molecule has 2 aromatic rings. The van der Waals surface area contributed by atoms with Gasteiger partial charge in [0.1, 0.15) is 5.75 Å². The molecule has 8 nitrogen and oxygen atoms in total. The minimum Gasteiger partial charge on any atom is -0.508 e. The third-order valence-electron chi connectivity index (χ3n) is 9.02. The molecule has 2 fully saturated rings. The molecule has 0 aromatic heterocycles. The van der Waals surface area contributed by atoms with E-state index in [9.17, 15) is 14.7 Å². The van der Waals surface area contributed by atoms with Crippen LogP contribution in [0.2, 0.25) is 0 Å². The Hall–Kier alpha value is -3.65. The molecule has 1 amide bonds. The number of rotatable bonds is 11. The number of benzene rings is 2. The zero-order valence-corrected chi connectivity index (χ0v) is 28.5. The third kappa shape index (κ3) is 10.7. The highest BCUT2D eigenvalue weighted by molar-refractivity contribution is 6.15. The summed E-state index contributed by atoms with van der Waals surface area (Å²) in [5.74, 6) is -0.513. The average molecular weight is 661 g/mol. The molecule has 2 aromatic carbocycles.